The van der Waals surface area contributed by atoms with Crippen molar-refractivity contribution >= 4 is 16.6 Å². The van der Waals surface area contributed by atoms with E-state index >= 15 is 0 Å². The first-order valence-electron chi connectivity index (χ1n) is 7.49. The van der Waals surface area contributed by atoms with Crippen LogP contribution in [0.5, 0.6) is 0 Å². The molecule has 106 valence electrons. The molecule has 0 saturated carbocycles. The summed E-state index contributed by atoms with van der Waals surface area (Å²) >= 11 is 0. The van der Waals surface area contributed by atoms with Crippen LogP contribution in [0.2, 0.25) is 0 Å². The minimum Gasteiger partial charge on any atom is -0.366 e. The molecule has 2 aromatic rings. The van der Waals surface area contributed by atoms with Gasteiger partial charge in [0.1, 0.15) is 0 Å². The molecule has 20 heavy (non-hydrogen) atoms. The van der Waals surface area contributed by atoms with Gasteiger partial charge in [-0.2, -0.15) is 5.10 Å². The second-order valence-electron chi connectivity index (χ2n) is 5.49. The van der Waals surface area contributed by atoms with Gasteiger partial charge in [-0.1, -0.05) is 31.2 Å². The van der Waals surface area contributed by atoms with Crippen molar-refractivity contribution in [3.05, 3.63) is 30.0 Å². The molecule has 1 N–H and O–H groups in total. The van der Waals surface area contributed by atoms with Gasteiger partial charge in [0.2, 0.25) is 0 Å². The van der Waals surface area contributed by atoms with Crippen molar-refractivity contribution in [3.8, 4) is 0 Å². The highest BCUT2D eigenvalue weighted by Gasteiger charge is 2.22. The van der Waals surface area contributed by atoms with Crippen molar-refractivity contribution in [1.29, 1.82) is 0 Å². The van der Waals surface area contributed by atoms with Crippen LogP contribution in [-0.4, -0.2) is 40.8 Å². The summed E-state index contributed by atoms with van der Waals surface area (Å²) in [6.45, 7) is 7.56. The van der Waals surface area contributed by atoms with Gasteiger partial charge in [0.25, 0.3) is 0 Å². The van der Waals surface area contributed by atoms with E-state index in [-0.39, 0.29) is 0 Å². The second-order valence-corrected chi connectivity index (χ2v) is 5.49. The summed E-state index contributed by atoms with van der Waals surface area (Å²) in [5.74, 6) is 0.911. The summed E-state index contributed by atoms with van der Waals surface area (Å²) < 4.78 is 0. The van der Waals surface area contributed by atoms with Gasteiger partial charge in [0.15, 0.2) is 5.82 Å². The highest BCUT2D eigenvalue weighted by atomic mass is 15.2. The molecule has 1 aromatic carbocycles. The third kappa shape index (κ3) is 2.48. The van der Waals surface area contributed by atoms with Crippen LogP contribution in [0.3, 0.4) is 0 Å². The minimum atomic E-state index is 0.627. The third-order valence-electron chi connectivity index (χ3n) is 4.28. The molecule has 4 heteroatoms. The molecule has 1 aliphatic heterocycles. The molecule has 0 amide bonds. The van der Waals surface area contributed by atoms with Crippen LogP contribution in [0.15, 0.2) is 24.3 Å². The van der Waals surface area contributed by atoms with Crippen molar-refractivity contribution < 1.29 is 0 Å². The second kappa shape index (κ2) is 5.75. The van der Waals surface area contributed by atoms with Crippen molar-refractivity contribution in [3.63, 3.8) is 0 Å². The normalized spacial score (nSPS) is 19.6. The number of rotatable bonds is 4. The van der Waals surface area contributed by atoms with E-state index in [0.29, 0.717) is 6.04 Å². The van der Waals surface area contributed by atoms with Gasteiger partial charge in [-0.15, -0.1) is 5.10 Å². The van der Waals surface area contributed by atoms with Gasteiger partial charge in [0, 0.05) is 23.4 Å². The Morgan fingerprint density at radius 3 is 2.85 bits per heavy atom. The van der Waals surface area contributed by atoms with E-state index < -0.39 is 0 Å². The SMILES string of the molecule is CCN1CCCC1CNc1nnc(C)c2ccccc12. The third-order valence-corrected chi connectivity index (χ3v) is 4.28. The molecule has 4 nitrogen and oxygen atoms in total. The lowest BCUT2D eigenvalue weighted by atomic mass is 10.1. The van der Waals surface area contributed by atoms with Crippen LogP contribution in [0.4, 0.5) is 5.82 Å². The summed E-state index contributed by atoms with van der Waals surface area (Å²) in [5.41, 5.74) is 0.988. The van der Waals surface area contributed by atoms with Crippen molar-refractivity contribution in [2.24, 2.45) is 0 Å². The van der Waals surface area contributed by atoms with Crippen molar-refractivity contribution in [2.45, 2.75) is 32.7 Å². The summed E-state index contributed by atoms with van der Waals surface area (Å²) in [6.07, 6.45) is 2.58. The first kappa shape index (κ1) is 13.3. The Morgan fingerprint density at radius 1 is 1.25 bits per heavy atom. The van der Waals surface area contributed by atoms with Crippen LogP contribution < -0.4 is 5.32 Å². The summed E-state index contributed by atoms with van der Waals surface area (Å²) in [4.78, 5) is 2.54. The van der Waals surface area contributed by atoms with E-state index in [1.165, 1.54) is 30.2 Å². The molecule has 0 aliphatic carbocycles. The number of benzene rings is 1. The van der Waals surface area contributed by atoms with Gasteiger partial charge in [-0.05, 0) is 32.9 Å². The number of likely N-dealkylation sites (N-methyl/N-ethyl adjacent to an activating group) is 1. The summed E-state index contributed by atoms with van der Waals surface area (Å²) in [6, 6.07) is 8.96. The van der Waals surface area contributed by atoms with Crippen LogP contribution >= 0.6 is 0 Å². The highest BCUT2D eigenvalue weighted by molar-refractivity contribution is 5.92. The molecule has 1 saturated heterocycles. The maximum Gasteiger partial charge on any atom is 0.156 e. The van der Waals surface area contributed by atoms with Crippen LogP contribution in [0, 0.1) is 6.92 Å². The topological polar surface area (TPSA) is 41.0 Å². The first-order valence-corrected chi connectivity index (χ1v) is 7.49. The lowest BCUT2D eigenvalue weighted by Gasteiger charge is -2.23. The Kier molecular flexibility index (Phi) is 3.83. The largest absolute Gasteiger partial charge is 0.366 e. The van der Waals surface area contributed by atoms with E-state index in [2.05, 4.69) is 51.6 Å². The molecular weight excluding hydrogens is 248 g/mol. The number of anilines is 1. The molecule has 1 atom stereocenters. The van der Waals surface area contributed by atoms with Gasteiger partial charge in [-0.3, -0.25) is 4.90 Å². The average molecular weight is 270 g/mol. The monoisotopic (exact) mass is 270 g/mol. The van der Waals surface area contributed by atoms with E-state index in [1.807, 2.05) is 6.92 Å². The van der Waals surface area contributed by atoms with Gasteiger partial charge in [0.05, 0.1) is 5.69 Å². The fraction of sp³-hybridized carbons (Fsp3) is 0.500. The van der Waals surface area contributed by atoms with Crippen molar-refractivity contribution in [1.82, 2.24) is 15.1 Å². The number of fused-ring (bicyclic) bond motifs is 1. The fourth-order valence-corrected chi connectivity index (χ4v) is 3.13. The number of hydrogen-bond donors (Lipinski definition) is 1. The quantitative estimate of drug-likeness (QED) is 0.927. The molecule has 0 spiro atoms. The standard InChI is InChI=1S/C16H22N4/c1-3-20-10-6-7-13(20)11-17-16-15-9-5-4-8-14(15)12(2)18-19-16/h4-5,8-9,13H,3,6-7,10-11H2,1-2H3,(H,17,19). The Balaban J connectivity index is 1.79. The predicted octanol–water partition coefficient (Wildman–Crippen LogP) is 2.83. The average Bonchev–Trinajstić information content (AvgIpc) is 2.94. The minimum absolute atomic E-state index is 0.627. The number of nitrogens with one attached hydrogen (secondary N) is 1. The number of nitrogens with zero attached hydrogens (tertiary/aromatic N) is 3. The summed E-state index contributed by atoms with van der Waals surface area (Å²) in [5, 5.41) is 14.5. The molecule has 3 rings (SSSR count). The molecule has 0 radical (unpaired) electrons. The Bertz CT molecular complexity index is 596. The molecule has 1 aromatic heterocycles. The first-order chi connectivity index (χ1) is 9.79. The number of aromatic nitrogens is 2. The molecule has 0 bridgehead atoms. The van der Waals surface area contributed by atoms with Crippen LogP contribution in [0.1, 0.15) is 25.5 Å². The molecule has 2 heterocycles. The Hall–Kier alpha value is -1.68. The smallest absolute Gasteiger partial charge is 0.156 e. The Labute approximate surface area is 120 Å². The molecule has 1 unspecified atom stereocenters. The molecule has 1 fully saturated rings. The Morgan fingerprint density at radius 2 is 2.05 bits per heavy atom. The fourth-order valence-electron chi connectivity index (χ4n) is 3.13. The van der Waals surface area contributed by atoms with E-state index in [9.17, 15) is 0 Å². The summed E-state index contributed by atoms with van der Waals surface area (Å²) in [7, 11) is 0. The number of likely N-dealkylation sites (tertiary alicyclic amines) is 1. The van der Waals surface area contributed by atoms with Gasteiger partial charge in [-0.25, -0.2) is 0 Å². The highest BCUT2D eigenvalue weighted by Crippen LogP contribution is 2.23. The van der Waals surface area contributed by atoms with Crippen molar-refractivity contribution in [2.75, 3.05) is 25.0 Å². The lowest BCUT2D eigenvalue weighted by Crippen LogP contribution is -2.34. The number of hydrogen-bond acceptors (Lipinski definition) is 4. The van der Waals surface area contributed by atoms with Crippen LogP contribution in [-0.2, 0) is 0 Å². The van der Waals surface area contributed by atoms with E-state index in [1.54, 1.807) is 0 Å². The zero-order valence-electron chi connectivity index (χ0n) is 12.3. The zero-order valence-corrected chi connectivity index (χ0v) is 12.3. The maximum absolute atomic E-state index is 4.34. The lowest BCUT2D eigenvalue weighted by molar-refractivity contribution is 0.277. The molecule has 1 aliphatic rings. The zero-order chi connectivity index (χ0) is 13.9. The van der Waals surface area contributed by atoms with Gasteiger partial charge < -0.3 is 5.32 Å². The van der Waals surface area contributed by atoms with E-state index in [0.717, 1.165) is 24.6 Å². The van der Waals surface area contributed by atoms with E-state index in [4.69, 9.17) is 0 Å². The van der Waals surface area contributed by atoms with Gasteiger partial charge >= 0.3 is 0 Å². The number of aryl methyl sites for hydroxylation is 1. The predicted molar refractivity (Wildman–Crippen MR) is 83.0 cm³/mol. The molecular formula is C16H22N4. The maximum atomic E-state index is 4.34. The van der Waals surface area contributed by atoms with Crippen LogP contribution in [0.25, 0.3) is 10.8 Å².